The zero-order valence-corrected chi connectivity index (χ0v) is 6.26. The molecule has 60 valence electrons. The molecule has 0 saturated carbocycles. The lowest BCUT2D eigenvalue weighted by Gasteiger charge is -2.19. The molecule has 2 N–H and O–H groups in total. The van der Waals surface area contributed by atoms with E-state index < -0.39 is 0 Å². The van der Waals surface area contributed by atoms with Crippen LogP contribution in [0.25, 0.3) is 0 Å². The van der Waals surface area contributed by atoms with Gasteiger partial charge < -0.3 is 5.32 Å². The molecule has 4 heteroatoms. The summed E-state index contributed by atoms with van der Waals surface area (Å²) in [5.41, 5.74) is 0. The summed E-state index contributed by atoms with van der Waals surface area (Å²) in [5, 5.41) is 13.4. The Bertz CT molecular complexity index is 179. The van der Waals surface area contributed by atoms with Gasteiger partial charge in [0.2, 0.25) is 5.91 Å². The van der Waals surface area contributed by atoms with Gasteiger partial charge in [-0.2, -0.15) is 5.26 Å². The van der Waals surface area contributed by atoms with Crippen molar-refractivity contribution >= 4 is 5.91 Å². The molecule has 0 bridgehead atoms. The van der Waals surface area contributed by atoms with Crippen LogP contribution in [0.1, 0.15) is 12.8 Å². The molecule has 1 aliphatic heterocycles. The fourth-order valence-electron chi connectivity index (χ4n) is 1.23. The maximum Gasteiger partial charge on any atom is 0.237 e. The van der Waals surface area contributed by atoms with Gasteiger partial charge in [0.25, 0.3) is 0 Å². The highest BCUT2D eigenvalue weighted by Crippen LogP contribution is 2.08. The number of carbonyl (C=O) groups excluding carboxylic acids is 1. The molecule has 0 aromatic heterocycles. The van der Waals surface area contributed by atoms with E-state index in [1.807, 2.05) is 0 Å². The Morgan fingerprint density at radius 2 is 2.55 bits per heavy atom. The Labute approximate surface area is 65.6 Å². The number of nitrogens with one attached hydrogen (secondary N) is 2. The fourth-order valence-corrected chi connectivity index (χ4v) is 1.23. The smallest absolute Gasteiger partial charge is 0.237 e. The molecule has 1 rings (SSSR count). The molecule has 0 unspecified atom stereocenters. The van der Waals surface area contributed by atoms with Gasteiger partial charge in [-0.15, -0.1) is 0 Å². The van der Waals surface area contributed by atoms with Crippen LogP contribution in [0.4, 0.5) is 0 Å². The van der Waals surface area contributed by atoms with Crippen LogP contribution < -0.4 is 10.6 Å². The molecule has 1 atom stereocenters. The first-order valence-electron chi connectivity index (χ1n) is 3.74. The quantitative estimate of drug-likeness (QED) is 0.397. The van der Waals surface area contributed by atoms with E-state index in [-0.39, 0.29) is 11.8 Å². The number of piperidine rings is 1. The van der Waals surface area contributed by atoms with Gasteiger partial charge in [-0.25, -0.2) is 0 Å². The molecule has 0 radical (unpaired) electrons. The predicted molar refractivity (Wildman–Crippen MR) is 39.3 cm³/mol. The number of nitriles is 1. The van der Waals surface area contributed by atoms with Gasteiger partial charge in [0, 0.05) is 6.54 Å². The highest BCUT2D eigenvalue weighted by molar-refractivity contribution is 5.80. The van der Waals surface area contributed by atoms with Gasteiger partial charge in [0.05, 0.1) is 5.92 Å². The van der Waals surface area contributed by atoms with Gasteiger partial charge in [-0.1, -0.05) is 0 Å². The lowest BCUT2D eigenvalue weighted by Crippen LogP contribution is -2.38. The standard InChI is InChI=1S/C7H11N3O/c8-5-10-7(11)6-2-1-3-9-4-6/h6,9H,1-4H2,(H,10,11)/t6-/m0/s1. The third-order valence-corrected chi connectivity index (χ3v) is 1.85. The summed E-state index contributed by atoms with van der Waals surface area (Å²) < 4.78 is 0. The second-order valence-electron chi connectivity index (χ2n) is 2.64. The SMILES string of the molecule is N#CNC(=O)[C@H]1CCCNC1. The zero-order valence-electron chi connectivity index (χ0n) is 6.26. The van der Waals surface area contributed by atoms with E-state index in [0.717, 1.165) is 19.4 Å². The minimum atomic E-state index is -0.153. The lowest BCUT2D eigenvalue weighted by atomic mass is 9.99. The van der Waals surface area contributed by atoms with E-state index in [9.17, 15) is 4.79 Å². The van der Waals surface area contributed by atoms with Crippen molar-refractivity contribution in [3.63, 3.8) is 0 Å². The minimum Gasteiger partial charge on any atom is -0.316 e. The first-order chi connectivity index (χ1) is 5.34. The molecule has 0 aliphatic carbocycles. The molecule has 1 saturated heterocycles. The molecule has 4 nitrogen and oxygen atoms in total. The number of carbonyl (C=O) groups is 1. The molecule has 11 heavy (non-hydrogen) atoms. The van der Waals surface area contributed by atoms with E-state index in [0.29, 0.717) is 6.54 Å². The Morgan fingerprint density at radius 3 is 3.09 bits per heavy atom. The van der Waals surface area contributed by atoms with Crippen LogP contribution in [0.15, 0.2) is 0 Å². The first-order valence-corrected chi connectivity index (χ1v) is 3.74. The van der Waals surface area contributed by atoms with Crippen molar-refractivity contribution in [2.24, 2.45) is 5.92 Å². The molecular formula is C7H11N3O. The Morgan fingerprint density at radius 1 is 1.73 bits per heavy atom. The molecular weight excluding hydrogens is 142 g/mol. The van der Waals surface area contributed by atoms with Crippen LogP contribution in [0.2, 0.25) is 0 Å². The van der Waals surface area contributed by atoms with E-state index in [4.69, 9.17) is 5.26 Å². The van der Waals surface area contributed by atoms with Crippen LogP contribution in [-0.4, -0.2) is 19.0 Å². The average molecular weight is 153 g/mol. The number of amides is 1. The maximum atomic E-state index is 11.0. The number of hydrogen-bond acceptors (Lipinski definition) is 3. The van der Waals surface area contributed by atoms with Crippen molar-refractivity contribution in [3.8, 4) is 6.19 Å². The summed E-state index contributed by atoms with van der Waals surface area (Å²) in [5.74, 6) is -0.164. The second kappa shape index (κ2) is 3.94. The van der Waals surface area contributed by atoms with Gasteiger partial charge >= 0.3 is 0 Å². The molecule has 0 aromatic carbocycles. The largest absolute Gasteiger partial charge is 0.316 e. The maximum absolute atomic E-state index is 11.0. The van der Waals surface area contributed by atoms with Crippen molar-refractivity contribution in [3.05, 3.63) is 0 Å². The number of hydrogen-bond donors (Lipinski definition) is 2. The molecule has 1 heterocycles. The van der Waals surface area contributed by atoms with Crippen LogP contribution in [0.3, 0.4) is 0 Å². The Kier molecular flexibility index (Phi) is 2.87. The molecule has 1 aliphatic rings. The monoisotopic (exact) mass is 153 g/mol. The first kappa shape index (κ1) is 8.02. The average Bonchev–Trinajstić information content (AvgIpc) is 2.07. The van der Waals surface area contributed by atoms with Gasteiger partial charge in [-0.3, -0.25) is 10.1 Å². The van der Waals surface area contributed by atoms with Crippen molar-refractivity contribution in [1.82, 2.24) is 10.6 Å². The third-order valence-electron chi connectivity index (χ3n) is 1.85. The molecule has 1 fully saturated rings. The summed E-state index contributed by atoms with van der Waals surface area (Å²) >= 11 is 0. The summed E-state index contributed by atoms with van der Waals surface area (Å²) in [6.07, 6.45) is 3.54. The van der Waals surface area contributed by atoms with Crippen molar-refractivity contribution < 1.29 is 4.79 Å². The second-order valence-corrected chi connectivity index (χ2v) is 2.64. The highest BCUT2D eigenvalue weighted by atomic mass is 16.1. The van der Waals surface area contributed by atoms with Gasteiger partial charge in [0.15, 0.2) is 6.19 Å². The normalized spacial score (nSPS) is 23.7. The molecule has 0 aromatic rings. The van der Waals surface area contributed by atoms with Crippen molar-refractivity contribution in [2.75, 3.05) is 13.1 Å². The lowest BCUT2D eigenvalue weighted by molar-refractivity contribution is -0.124. The number of nitrogens with zero attached hydrogens (tertiary/aromatic N) is 1. The number of rotatable bonds is 1. The summed E-state index contributed by atoms with van der Waals surface area (Å²) in [6.45, 7) is 1.68. The third kappa shape index (κ3) is 2.20. The predicted octanol–water partition coefficient (Wildman–Crippen LogP) is -0.417. The Balaban J connectivity index is 2.34. The van der Waals surface area contributed by atoms with Crippen LogP contribution >= 0.6 is 0 Å². The van der Waals surface area contributed by atoms with Crippen molar-refractivity contribution in [2.45, 2.75) is 12.8 Å². The Hall–Kier alpha value is -1.08. The van der Waals surface area contributed by atoms with Gasteiger partial charge in [0.1, 0.15) is 0 Å². The van der Waals surface area contributed by atoms with E-state index in [1.165, 1.54) is 0 Å². The van der Waals surface area contributed by atoms with E-state index in [2.05, 4.69) is 10.6 Å². The van der Waals surface area contributed by atoms with E-state index >= 15 is 0 Å². The highest BCUT2D eigenvalue weighted by Gasteiger charge is 2.19. The minimum absolute atomic E-state index is 0.0107. The van der Waals surface area contributed by atoms with Crippen molar-refractivity contribution in [1.29, 1.82) is 5.26 Å². The fraction of sp³-hybridized carbons (Fsp3) is 0.714. The molecule has 0 spiro atoms. The van der Waals surface area contributed by atoms with Crippen LogP contribution in [-0.2, 0) is 4.79 Å². The molecule has 1 amide bonds. The zero-order chi connectivity index (χ0) is 8.10. The summed E-state index contributed by atoms with van der Waals surface area (Å²) in [4.78, 5) is 11.0. The van der Waals surface area contributed by atoms with E-state index in [1.54, 1.807) is 6.19 Å². The van der Waals surface area contributed by atoms with Crippen LogP contribution in [0, 0.1) is 17.4 Å². The van der Waals surface area contributed by atoms with Crippen LogP contribution in [0.5, 0.6) is 0 Å². The summed E-state index contributed by atoms with van der Waals surface area (Å²) in [6, 6.07) is 0. The topological polar surface area (TPSA) is 64.9 Å². The summed E-state index contributed by atoms with van der Waals surface area (Å²) in [7, 11) is 0. The van der Waals surface area contributed by atoms with Gasteiger partial charge in [-0.05, 0) is 19.4 Å².